The van der Waals surface area contributed by atoms with Crippen molar-refractivity contribution in [3.8, 4) is 5.75 Å². The average Bonchev–Trinajstić information content (AvgIpc) is 3.15. The quantitative estimate of drug-likeness (QED) is 0.765. The van der Waals surface area contributed by atoms with Crippen molar-refractivity contribution in [2.75, 3.05) is 7.05 Å². The maximum Gasteiger partial charge on any atom is 0.243 e. The second-order valence-corrected chi connectivity index (χ2v) is 8.87. The van der Waals surface area contributed by atoms with Crippen molar-refractivity contribution in [2.45, 2.75) is 42.7 Å². The van der Waals surface area contributed by atoms with E-state index in [9.17, 15) is 17.6 Å². The molecule has 8 heteroatoms. The number of hydrogen-bond donors (Lipinski definition) is 1. The van der Waals surface area contributed by atoms with E-state index in [4.69, 9.17) is 10.5 Å². The van der Waals surface area contributed by atoms with Gasteiger partial charge < -0.3 is 10.5 Å². The summed E-state index contributed by atoms with van der Waals surface area (Å²) in [6.45, 7) is 0. The number of nitrogens with zero attached hydrogens (tertiary/aromatic N) is 1. The highest BCUT2D eigenvalue weighted by Gasteiger charge is 2.33. The minimum absolute atomic E-state index is 0.00331. The molecular weight excluding hydrogens is 383 g/mol. The van der Waals surface area contributed by atoms with Gasteiger partial charge in [0.25, 0.3) is 0 Å². The maximum atomic E-state index is 13.6. The molecule has 0 heterocycles. The number of halogens is 1. The Balaban J connectivity index is 1.84. The summed E-state index contributed by atoms with van der Waals surface area (Å²) in [4.78, 5) is 11.9. The van der Waals surface area contributed by atoms with Gasteiger partial charge in [-0.2, -0.15) is 4.31 Å². The standard InChI is InChI=1S/C20H23FN2O4S/c1-23(19(20(22)24)14-5-4-6-15(21)13-14)28(25,26)18-11-9-17(10-12-18)27-16-7-2-3-8-16/h4-6,9-13,16,19H,2-3,7-8H2,1H3,(H2,22,24). The molecule has 0 saturated heterocycles. The van der Waals surface area contributed by atoms with E-state index in [1.54, 1.807) is 12.1 Å². The second kappa shape index (κ2) is 8.28. The normalized spacial score (nSPS) is 16.2. The van der Waals surface area contributed by atoms with Gasteiger partial charge in [0.1, 0.15) is 17.6 Å². The highest BCUT2D eigenvalue weighted by molar-refractivity contribution is 7.89. The molecule has 1 fully saturated rings. The van der Waals surface area contributed by atoms with Crippen LogP contribution in [0.25, 0.3) is 0 Å². The summed E-state index contributed by atoms with van der Waals surface area (Å²) in [5, 5.41) is 0. The molecule has 1 aliphatic carbocycles. The molecule has 0 spiro atoms. The van der Waals surface area contributed by atoms with Gasteiger partial charge in [0.05, 0.1) is 11.0 Å². The summed E-state index contributed by atoms with van der Waals surface area (Å²) in [6, 6.07) is 9.90. The van der Waals surface area contributed by atoms with E-state index in [2.05, 4.69) is 0 Å². The monoisotopic (exact) mass is 406 g/mol. The highest BCUT2D eigenvalue weighted by atomic mass is 32.2. The van der Waals surface area contributed by atoms with E-state index in [0.717, 1.165) is 36.1 Å². The first-order chi connectivity index (χ1) is 13.3. The van der Waals surface area contributed by atoms with Crippen LogP contribution in [0.3, 0.4) is 0 Å². The van der Waals surface area contributed by atoms with Gasteiger partial charge >= 0.3 is 0 Å². The predicted molar refractivity (Wildman–Crippen MR) is 103 cm³/mol. The van der Waals surface area contributed by atoms with Crippen LogP contribution in [0, 0.1) is 5.82 Å². The molecule has 3 rings (SSSR count). The molecule has 6 nitrogen and oxygen atoms in total. The smallest absolute Gasteiger partial charge is 0.243 e. The Labute approximate surface area is 164 Å². The zero-order valence-corrected chi connectivity index (χ0v) is 16.4. The van der Waals surface area contributed by atoms with Crippen LogP contribution in [0.1, 0.15) is 37.3 Å². The molecule has 1 atom stereocenters. The van der Waals surface area contributed by atoms with Crippen molar-refractivity contribution in [1.29, 1.82) is 0 Å². The van der Waals surface area contributed by atoms with Crippen LogP contribution in [0.2, 0.25) is 0 Å². The number of primary amides is 1. The van der Waals surface area contributed by atoms with Crippen molar-refractivity contribution < 1.29 is 22.3 Å². The lowest BCUT2D eigenvalue weighted by Crippen LogP contribution is -2.39. The molecule has 1 saturated carbocycles. The molecule has 0 radical (unpaired) electrons. The van der Waals surface area contributed by atoms with Crippen molar-refractivity contribution in [3.05, 3.63) is 59.9 Å². The van der Waals surface area contributed by atoms with Crippen LogP contribution in [0.4, 0.5) is 4.39 Å². The molecule has 1 amide bonds. The van der Waals surface area contributed by atoms with Gasteiger partial charge in [-0.3, -0.25) is 4.79 Å². The number of likely N-dealkylation sites (N-methyl/N-ethyl adjacent to an activating group) is 1. The van der Waals surface area contributed by atoms with Crippen LogP contribution >= 0.6 is 0 Å². The number of nitrogens with two attached hydrogens (primary N) is 1. The number of amides is 1. The molecule has 2 aromatic carbocycles. The molecule has 28 heavy (non-hydrogen) atoms. The van der Waals surface area contributed by atoms with Gasteiger partial charge in [-0.1, -0.05) is 12.1 Å². The fraction of sp³-hybridized carbons (Fsp3) is 0.350. The number of rotatable bonds is 7. The van der Waals surface area contributed by atoms with Crippen LogP contribution in [-0.4, -0.2) is 31.8 Å². The van der Waals surface area contributed by atoms with Crippen molar-refractivity contribution in [1.82, 2.24) is 4.31 Å². The van der Waals surface area contributed by atoms with E-state index in [1.165, 1.54) is 37.4 Å². The molecule has 2 N–H and O–H groups in total. The summed E-state index contributed by atoms with van der Waals surface area (Å²) in [7, 11) is -2.79. The average molecular weight is 406 g/mol. The van der Waals surface area contributed by atoms with Gasteiger partial charge in [-0.15, -0.1) is 0 Å². The Morgan fingerprint density at radius 3 is 2.39 bits per heavy atom. The van der Waals surface area contributed by atoms with E-state index < -0.39 is 27.8 Å². The molecule has 0 aromatic heterocycles. The van der Waals surface area contributed by atoms with Crippen molar-refractivity contribution in [2.24, 2.45) is 5.73 Å². The lowest BCUT2D eigenvalue weighted by molar-refractivity contribution is -0.121. The predicted octanol–water partition coefficient (Wildman–Crippen LogP) is 2.99. The first-order valence-corrected chi connectivity index (χ1v) is 10.5. The van der Waals surface area contributed by atoms with Crippen LogP contribution in [0.15, 0.2) is 53.4 Å². The van der Waals surface area contributed by atoms with E-state index in [-0.39, 0.29) is 16.6 Å². The number of benzene rings is 2. The third-order valence-electron chi connectivity index (χ3n) is 4.90. The topological polar surface area (TPSA) is 89.7 Å². The Hall–Kier alpha value is -2.45. The van der Waals surface area contributed by atoms with E-state index in [1.807, 2.05) is 0 Å². The van der Waals surface area contributed by atoms with Gasteiger partial charge in [0, 0.05) is 7.05 Å². The van der Waals surface area contributed by atoms with Gasteiger partial charge in [-0.25, -0.2) is 12.8 Å². The third-order valence-corrected chi connectivity index (χ3v) is 6.74. The first kappa shape index (κ1) is 20.3. The largest absolute Gasteiger partial charge is 0.490 e. The first-order valence-electron chi connectivity index (χ1n) is 9.08. The fourth-order valence-electron chi connectivity index (χ4n) is 3.42. The maximum absolute atomic E-state index is 13.6. The molecule has 1 aliphatic rings. The number of carbonyl (C=O) groups excluding carboxylic acids is 1. The molecule has 0 bridgehead atoms. The van der Waals surface area contributed by atoms with Crippen LogP contribution in [0.5, 0.6) is 5.75 Å². The fourth-order valence-corrected chi connectivity index (χ4v) is 4.74. The van der Waals surface area contributed by atoms with E-state index in [0.29, 0.717) is 5.75 Å². The Kier molecular flexibility index (Phi) is 6.00. The Morgan fingerprint density at radius 1 is 1.18 bits per heavy atom. The lowest BCUT2D eigenvalue weighted by atomic mass is 10.1. The minimum atomic E-state index is -4.03. The number of ether oxygens (including phenoxy) is 1. The summed E-state index contributed by atoms with van der Waals surface area (Å²) in [6.07, 6.45) is 4.43. The summed E-state index contributed by atoms with van der Waals surface area (Å²) >= 11 is 0. The molecule has 150 valence electrons. The van der Waals surface area contributed by atoms with Gasteiger partial charge in [0.15, 0.2) is 0 Å². The van der Waals surface area contributed by atoms with Gasteiger partial charge in [-0.05, 0) is 67.6 Å². The summed E-state index contributed by atoms with van der Waals surface area (Å²) in [5.41, 5.74) is 5.59. The summed E-state index contributed by atoms with van der Waals surface area (Å²) < 4.78 is 46.2. The number of hydrogen-bond acceptors (Lipinski definition) is 4. The zero-order chi connectivity index (χ0) is 20.3. The zero-order valence-electron chi connectivity index (χ0n) is 15.5. The van der Waals surface area contributed by atoms with E-state index >= 15 is 0 Å². The molecule has 2 aromatic rings. The minimum Gasteiger partial charge on any atom is -0.490 e. The van der Waals surface area contributed by atoms with Crippen LogP contribution < -0.4 is 10.5 Å². The second-order valence-electron chi connectivity index (χ2n) is 6.88. The number of sulfonamides is 1. The molecular formula is C20H23FN2O4S. The lowest BCUT2D eigenvalue weighted by Gasteiger charge is -2.25. The van der Waals surface area contributed by atoms with Gasteiger partial charge in [0.2, 0.25) is 15.9 Å². The Bertz CT molecular complexity index is 941. The van der Waals surface area contributed by atoms with Crippen molar-refractivity contribution in [3.63, 3.8) is 0 Å². The van der Waals surface area contributed by atoms with Crippen LogP contribution in [-0.2, 0) is 14.8 Å². The molecule has 0 aliphatic heterocycles. The highest BCUT2D eigenvalue weighted by Crippen LogP contribution is 2.29. The Morgan fingerprint density at radius 2 is 1.82 bits per heavy atom. The number of carbonyl (C=O) groups is 1. The third kappa shape index (κ3) is 4.34. The summed E-state index contributed by atoms with van der Waals surface area (Å²) in [5.74, 6) is -0.870. The molecule has 1 unspecified atom stereocenters. The van der Waals surface area contributed by atoms with Crippen molar-refractivity contribution >= 4 is 15.9 Å². The SMILES string of the molecule is CN(C(C(N)=O)c1cccc(F)c1)S(=O)(=O)c1ccc(OC2CCCC2)cc1.